The Balaban J connectivity index is 2.04. The Morgan fingerprint density at radius 1 is 1.00 bits per heavy atom. The largest absolute Gasteiger partial charge is 0.368 e. The zero-order chi connectivity index (χ0) is 10.6. The molecule has 80 valence electrons. The van der Waals surface area contributed by atoms with Crippen LogP contribution in [0.4, 0.5) is 5.69 Å². The molecule has 0 atom stereocenters. The molecule has 0 amide bonds. The SMILES string of the molecule is OC1(N=Nc2ccccc2)CCCCC1. The summed E-state index contributed by atoms with van der Waals surface area (Å²) in [4.78, 5) is 0. The summed E-state index contributed by atoms with van der Waals surface area (Å²) in [6, 6.07) is 9.54. The molecule has 15 heavy (non-hydrogen) atoms. The van der Waals surface area contributed by atoms with Crippen molar-refractivity contribution in [3.8, 4) is 0 Å². The van der Waals surface area contributed by atoms with Crippen molar-refractivity contribution in [3.63, 3.8) is 0 Å². The third-order valence-electron chi connectivity index (χ3n) is 2.76. The van der Waals surface area contributed by atoms with E-state index < -0.39 is 5.72 Å². The number of hydrogen-bond acceptors (Lipinski definition) is 3. The minimum absolute atomic E-state index is 0.739. The molecule has 0 aromatic heterocycles. The van der Waals surface area contributed by atoms with Crippen LogP contribution in [0.15, 0.2) is 40.6 Å². The van der Waals surface area contributed by atoms with Crippen molar-refractivity contribution in [3.05, 3.63) is 30.3 Å². The molecule has 3 heteroatoms. The molecule has 1 saturated carbocycles. The molecule has 1 aliphatic carbocycles. The highest BCUT2D eigenvalue weighted by molar-refractivity contribution is 5.34. The molecule has 1 aliphatic rings. The van der Waals surface area contributed by atoms with E-state index in [1.165, 1.54) is 6.42 Å². The lowest BCUT2D eigenvalue weighted by molar-refractivity contribution is 0.00639. The van der Waals surface area contributed by atoms with Crippen LogP contribution in [-0.4, -0.2) is 10.8 Å². The van der Waals surface area contributed by atoms with Gasteiger partial charge in [-0.1, -0.05) is 24.6 Å². The standard InChI is InChI=1S/C12H16N2O/c15-12(9-5-2-6-10-12)14-13-11-7-3-1-4-8-11/h1,3-4,7-8,15H,2,5-6,9-10H2. The van der Waals surface area contributed by atoms with Gasteiger partial charge in [-0.15, -0.1) is 0 Å². The molecule has 0 heterocycles. The number of hydrogen-bond donors (Lipinski definition) is 1. The Morgan fingerprint density at radius 2 is 1.67 bits per heavy atom. The van der Waals surface area contributed by atoms with Gasteiger partial charge in [-0.2, -0.15) is 10.2 Å². The molecule has 1 N–H and O–H groups in total. The average molecular weight is 204 g/mol. The lowest BCUT2D eigenvalue weighted by Gasteiger charge is -2.26. The zero-order valence-corrected chi connectivity index (χ0v) is 8.76. The average Bonchev–Trinajstić information content (AvgIpc) is 2.29. The van der Waals surface area contributed by atoms with Crippen LogP contribution in [0.5, 0.6) is 0 Å². The van der Waals surface area contributed by atoms with Gasteiger partial charge in [0, 0.05) is 0 Å². The van der Waals surface area contributed by atoms with Gasteiger partial charge in [0.15, 0.2) is 5.72 Å². The molecule has 2 rings (SSSR count). The summed E-state index contributed by atoms with van der Waals surface area (Å²) in [7, 11) is 0. The van der Waals surface area contributed by atoms with Gasteiger partial charge < -0.3 is 5.11 Å². The molecular weight excluding hydrogens is 188 g/mol. The van der Waals surface area contributed by atoms with Crippen LogP contribution >= 0.6 is 0 Å². The van der Waals surface area contributed by atoms with Gasteiger partial charge in [-0.05, 0) is 37.8 Å². The Hall–Kier alpha value is -1.22. The first kappa shape index (κ1) is 10.3. The molecule has 0 saturated heterocycles. The van der Waals surface area contributed by atoms with Crippen LogP contribution in [0.1, 0.15) is 32.1 Å². The van der Waals surface area contributed by atoms with Gasteiger partial charge in [0.05, 0.1) is 5.69 Å². The van der Waals surface area contributed by atoms with E-state index in [0.717, 1.165) is 31.4 Å². The molecule has 0 unspecified atom stereocenters. The topological polar surface area (TPSA) is 45.0 Å². The molecule has 3 nitrogen and oxygen atoms in total. The Bertz CT molecular complexity index is 329. The number of benzene rings is 1. The van der Waals surface area contributed by atoms with Crippen LogP contribution in [-0.2, 0) is 0 Å². The van der Waals surface area contributed by atoms with Gasteiger partial charge in [0.25, 0.3) is 0 Å². The predicted molar refractivity (Wildman–Crippen MR) is 59.0 cm³/mol. The minimum atomic E-state index is -0.909. The van der Waals surface area contributed by atoms with Crippen LogP contribution in [0, 0.1) is 0 Å². The maximum atomic E-state index is 10.1. The van der Waals surface area contributed by atoms with E-state index in [9.17, 15) is 5.11 Å². The fourth-order valence-corrected chi connectivity index (χ4v) is 1.86. The van der Waals surface area contributed by atoms with E-state index in [0.29, 0.717) is 0 Å². The number of rotatable bonds is 2. The molecular formula is C12H16N2O. The summed E-state index contributed by atoms with van der Waals surface area (Å²) < 4.78 is 0. The van der Waals surface area contributed by atoms with Crippen molar-refractivity contribution >= 4 is 5.69 Å². The van der Waals surface area contributed by atoms with E-state index in [2.05, 4.69) is 10.2 Å². The molecule has 1 aromatic rings. The summed E-state index contributed by atoms with van der Waals surface area (Å²) in [5.41, 5.74) is -0.106. The Kier molecular flexibility index (Phi) is 3.11. The Labute approximate surface area is 89.9 Å². The van der Waals surface area contributed by atoms with Crippen LogP contribution in [0.25, 0.3) is 0 Å². The van der Waals surface area contributed by atoms with Crippen LogP contribution in [0.2, 0.25) is 0 Å². The fourth-order valence-electron chi connectivity index (χ4n) is 1.86. The van der Waals surface area contributed by atoms with Crippen molar-refractivity contribution in [2.45, 2.75) is 37.8 Å². The van der Waals surface area contributed by atoms with Crippen molar-refractivity contribution in [1.82, 2.24) is 0 Å². The van der Waals surface area contributed by atoms with Gasteiger partial charge in [-0.3, -0.25) is 0 Å². The molecule has 0 spiro atoms. The second-order valence-corrected chi connectivity index (χ2v) is 4.08. The highest BCUT2D eigenvalue weighted by Crippen LogP contribution is 2.30. The lowest BCUT2D eigenvalue weighted by atomic mass is 9.93. The van der Waals surface area contributed by atoms with E-state index in [1.807, 2.05) is 30.3 Å². The van der Waals surface area contributed by atoms with E-state index in [-0.39, 0.29) is 0 Å². The van der Waals surface area contributed by atoms with E-state index >= 15 is 0 Å². The van der Waals surface area contributed by atoms with Crippen molar-refractivity contribution in [1.29, 1.82) is 0 Å². The van der Waals surface area contributed by atoms with Gasteiger partial charge in [-0.25, -0.2) is 0 Å². The van der Waals surface area contributed by atoms with Crippen molar-refractivity contribution in [2.75, 3.05) is 0 Å². The van der Waals surface area contributed by atoms with Crippen molar-refractivity contribution < 1.29 is 5.11 Å². The molecule has 0 aliphatic heterocycles. The highest BCUT2D eigenvalue weighted by atomic mass is 16.3. The fraction of sp³-hybridized carbons (Fsp3) is 0.500. The monoisotopic (exact) mass is 204 g/mol. The van der Waals surface area contributed by atoms with E-state index in [4.69, 9.17) is 0 Å². The third-order valence-corrected chi connectivity index (χ3v) is 2.76. The molecule has 0 bridgehead atoms. The highest BCUT2D eigenvalue weighted by Gasteiger charge is 2.28. The number of azo groups is 1. The second-order valence-electron chi connectivity index (χ2n) is 4.08. The van der Waals surface area contributed by atoms with Crippen LogP contribution < -0.4 is 0 Å². The summed E-state index contributed by atoms with van der Waals surface area (Å²) in [5.74, 6) is 0. The van der Waals surface area contributed by atoms with Crippen LogP contribution in [0.3, 0.4) is 0 Å². The first-order valence-electron chi connectivity index (χ1n) is 5.49. The number of aliphatic hydroxyl groups is 1. The lowest BCUT2D eigenvalue weighted by Crippen LogP contribution is -2.28. The molecule has 1 aromatic carbocycles. The second kappa shape index (κ2) is 4.53. The zero-order valence-electron chi connectivity index (χ0n) is 8.76. The Morgan fingerprint density at radius 3 is 2.33 bits per heavy atom. The van der Waals surface area contributed by atoms with E-state index in [1.54, 1.807) is 0 Å². The molecule has 1 fully saturated rings. The smallest absolute Gasteiger partial charge is 0.176 e. The number of nitrogens with zero attached hydrogens (tertiary/aromatic N) is 2. The minimum Gasteiger partial charge on any atom is -0.368 e. The van der Waals surface area contributed by atoms with Gasteiger partial charge >= 0.3 is 0 Å². The normalized spacial score (nSPS) is 20.6. The van der Waals surface area contributed by atoms with Gasteiger partial charge in [0.1, 0.15) is 0 Å². The first-order chi connectivity index (χ1) is 7.29. The summed E-state index contributed by atoms with van der Waals surface area (Å²) in [5, 5.41) is 18.2. The summed E-state index contributed by atoms with van der Waals surface area (Å²) >= 11 is 0. The quantitative estimate of drug-likeness (QED) is 0.737. The summed E-state index contributed by atoms with van der Waals surface area (Å²) in [6.07, 6.45) is 4.77. The summed E-state index contributed by atoms with van der Waals surface area (Å²) in [6.45, 7) is 0. The maximum Gasteiger partial charge on any atom is 0.176 e. The van der Waals surface area contributed by atoms with Crippen molar-refractivity contribution in [2.24, 2.45) is 10.2 Å². The third kappa shape index (κ3) is 2.86. The molecule has 0 radical (unpaired) electrons. The maximum absolute atomic E-state index is 10.1. The predicted octanol–water partition coefficient (Wildman–Crippen LogP) is 3.42. The van der Waals surface area contributed by atoms with Gasteiger partial charge in [0.2, 0.25) is 0 Å². The first-order valence-corrected chi connectivity index (χ1v) is 5.49.